The first kappa shape index (κ1) is 19.6. The molecule has 2 aromatic rings. The predicted octanol–water partition coefficient (Wildman–Crippen LogP) is 3.46. The van der Waals surface area contributed by atoms with Gasteiger partial charge in [0.15, 0.2) is 0 Å². The molecular formula is C19H22ClN3O3S. The minimum absolute atomic E-state index is 0.0300. The SMILES string of the molecule is CC(=O)N1CCC(Oc2ccc(Cl)cc2C(=O)N(C)Cc2nccs2)CC1. The zero-order chi connectivity index (χ0) is 19.4. The summed E-state index contributed by atoms with van der Waals surface area (Å²) in [5.74, 6) is 0.445. The van der Waals surface area contributed by atoms with Gasteiger partial charge in [-0.25, -0.2) is 4.98 Å². The van der Waals surface area contributed by atoms with E-state index >= 15 is 0 Å². The van der Waals surface area contributed by atoms with E-state index in [1.807, 2.05) is 10.3 Å². The first-order valence-electron chi connectivity index (χ1n) is 8.79. The fraction of sp³-hybridized carbons (Fsp3) is 0.421. The molecule has 0 radical (unpaired) electrons. The monoisotopic (exact) mass is 407 g/mol. The van der Waals surface area contributed by atoms with Crippen molar-refractivity contribution in [3.05, 3.63) is 45.4 Å². The Morgan fingerprint density at radius 1 is 1.37 bits per heavy atom. The number of benzene rings is 1. The van der Waals surface area contributed by atoms with Gasteiger partial charge >= 0.3 is 0 Å². The second-order valence-corrected chi connectivity index (χ2v) is 7.97. The van der Waals surface area contributed by atoms with Gasteiger partial charge < -0.3 is 14.5 Å². The molecule has 144 valence electrons. The lowest BCUT2D eigenvalue weighted by molar-refractivity contribution is -0.130. The number of carbonyl (C=O) groups excluding carboxylic acids is 2. The number of nitrogens with zero attached hydrogens (tertiary/aromatic N) is 3. The highest BCUT2D eigenvalue weighted by Gasteiger charge is 2.25. The van der Waals surface area contributed by atoms with Crippen molar-refractivity contribution in [1.29, 1.82) is 0 Å². The molecule has 8 heteroatoms. The van der Waals surface area contributed by atoms with Crippen molar-refractivity contribution in [3.8, 4) is 5.75 Å². The molecule has 0 N–H and O–H groups in total. The Balaban J connectivity index is 1.71. The highest BCUT2D eigenvalue weighted by molar-refractivity contribution is 7.09. The summed E-state index contributed by atoms with van der Waals surface area (Å²) < 4.78 is 6.12. The van der Waals surface area contributed by atoms with Crippen LogP contribution in [0, 0.1) is 0 Å². The molecule has 1 aromatic heterocycles. The Hall–Kier alpha value is -2.12. The Morgan fingerprint density at radius 3 is 2.74 bits per heavy atom. The normalized spacial score (nSPS) is 14.9. The van der Waals surface area contributed by atoms with Crippen LogP contribution in [0.15, 0.2) is 29.8 Å². The van der Waals surface area contributed by atoms with E-state index in [0.29, 0.717) is 36.0 Å². The minimum atomic E-state index is -0.163. The van der Waals surface area contributed by atoms with Gasteiger partial charge in [-0.2, -0.15) is 0 Å². The van der Waals surface area contributed by atoms with E-state index in [9.17, 15) is 9.59 Å². The van der Waals surface area contributed by atoms with Crippen LogP contribution in [0.1, 0.15) is 35.1 Å². The van der Waals surface area contributed by atoms with Crippen LogP contribution in [-0.4, -0.2) is 52.8 Å². The summed E-state index contributed by atoms with van der Waals surface area (Å²) in [7, 11) is 1.74. The van der Waals surface area contributed by atoms with Crippen molar-refractivity contribution in [1.82, 2.24) is 14.8 Å². The Labute approximate surface area is 167 Å². The number of piperidine rings is 1. The minimum Gasteiger partial charge on any atom is -0.489 e. The molecule has 1 aliphatic rings. The molecule has 0 bridgehead atoms. The molecule has 27 heavy (non-hydrogen) atoms. The van der Waals surface area contributed by atoms with Crippen LogP contribution in [0.5, 0.6) is 5.75 Å². The average Bonchev–Trinajstić information content (AvgIpc) is 3.16. The number of likely N-dealkylation sites (tertiary alicyclic amines) is 1. The van der Waals surface area contributed by atoms with E-state index in [4.69, 9.17) is 16.3 Å². The second kappa shape index (κ2) is 8.71. The molecule has 0 unspecified atom stereocenters. The van der Waals surface area contributed by atoms with Gasteiger partial charge in [0.2, 0.25) is 5.91 Å². The molecule has 1 aliphatic heterocycles. The highest BCUT2D eigenvalue weighted by atomic mass is 35.5. The Kier molecular flexibility index (Phi) is 6.34. The molecule has 1 saturated heterocycles. The van der Waals surface area contributed by atoms with Crippen LogP contribution in [0.2, 0.25) is 5.02 Å². The van der Waals surface area contributed by atoms with Crippen molar-refractivity contribution >= 4 is 34.8 Å². The molecule has 0 saturated carbocycles. The molecule has 2 heterocycles. The van der Waals surface area contributed by atoms with Crippen molar-refractivity contribution < 1.29 is 14.3 Å². The van der Waals surface area contributed by atoms with Gasteiger partial charge in [-0.05, 0) is 18.2 Å². The van der Waals surface area contributed by atoms with E-state index in [-0.39, 0.29) is 17.9 Å². The molecular weight excluding hydrogens is 386 g/mol. The van der Waals surface area contributed by atoms with Crippen LogP contribution in [0.25, 0.3) is 0 Å². The molecule has 1 aromatic carbocycles. The maximum absolute atomic E-state index is 12.9. The second-order valence-electron chi connectivity index (χ2n) is 6.55. The lowest BCUT2D eigenvalue weighted by atomic mass is 10.1. The summed E-state index contributed by atoms with van der Waals surface area (Å²) in [5, 5.41) is 3.24. The molecule has 6 nitrogen and oxygen atoms in total. The van der Waals surface area contributed by atoms with Gasteiger partial charge in [0, 0.05) is 56.5 Å². The van der Waals surface area contributed by atoms with Gasteiger partial charge in [-0.1, -0.05) is 11.6 Å². The zero-order valence-corrected chi connectivity index (χ0v) is 16.9. The van der Waals surface area contributed by atoms with E-state index in [0.717, 1.165) is 17.8 Å². The number of rotatable bonds is 5. The molecule has 0 spiro atoms. The zero-order valence-electron chi connectivity index (χ0n) is 15.4. The lowest BCUT2D eigenvalue weighted by Gasteiger charge is -2.32. The molecule has 1 fully saturated rings. The van der Waals surface area contributed by atoms with Gasteiger partial charge in [-0.3, -0.25) is 9.59 Å². The number of halogens is 1. The van der Waals surface area contributed by atoms with Crippen molar-refractivity contribution in [2.75, 3.05) is 20.1 Å². The Morgan fingerprint density at radius 2 is 2.11 bits per heavy atom. The van der Waals surface area contributed by atoms with Crippen molar-refractivity contribution in [2.45, 2.75) is 32.4 Å². The van der Waals surface area contributed by atoms with Crippen LogP contribution in [0.3, 0.4) is 0 Å². The maximum Gasteiger partial charge on any atom is 0.257 e. The first-order chi connectivity index (χ1) is 12.9. The number of hydrogen-bond donors (Lipinski definition) is 0. The molecule has 0 atom stereocenters. The third-order valence-electron chi connectivity index (χ3n) is 4.56. The summed E-state index contributed by atoms with van der Waals surface area (Å²) in [6.45, 7) is 3.34. The topological polar surface area (TPSA) is 62.7 Å². The standard InChI is InChI=1S/C19H22ClN3O3S/c1-13(24)23-8-5-15(6-9-23)26-17-4-3-14(20)11-16(17)19(25)22(2)12-18-21-7-10-27-18/h3-4,7,10-11,15H,5-6,8-9,12H2,1-2H3. The third-order valence-corrected chi connectivity index (χ3v) is 5.56. The molecule has 2 amide bonds. The van der Waals surface area contributed by atoms with Crippen molar-refractivity contribution in [3.63, 3.8) is 0 Å². The summed E-state index contributed by atoms with van der Waals surface area (Å²) in [5.41, 5.74) is 0.440. The lowest BCUT2D eigenvalue weighted by Crippen LogP contribution is -2.40. The number of carbonyl (C=O) groups is 2. The van der Waals surface area contributed by atoms with Crippen LogP contribution < -0.4 is 4.74 Å². The van der Waals surface area contributed by atoms with E-state index in [1.165, 1.54) is 11.3 Å². The van der Waals surface area contributed by atoms with Gasteiger partial charge in [0.25, 0.3) is 5.91 Å². The average molecular weight is 408 g/mol. The fourth-order valence-corrected chi connectivity index (χ4v) is 3.89. The number of ether oxygens (including phenoxy) is 1. The van der Waals surface area contributed by atoms with Gasteiger partial charge in [-0.15, -0.1) is 11.3 Å². The third kappa shape index (κ3) is 4.99. The summed E-state index contributed by atoms with van der Waals surface area (Å²) >= 11 is 7.63. The fourth-order valence-electron chi connectivity index (χ4n) is 3.05. The number of thiazole rings is 1. The number of amides is 2. The quantitative estimate of drug-likeness (QED) is 0.761. The highest BCUT2D eigenvalue weighted by Crippen LogP contribution is 2.28. The predicted molar refractivity (Wildman–Crippen MR) is 105 cm³/mol. The van der Waals surface area contributed by atoms with Crippen LogP contribution in [0.4, 0.5) is 0 Å². The van der Waals surface area contributed by atoms with E-state index < -0.39 is 0 Å². The largest absolute Gasteiger partial charge is 0.489 e. The van der Waals surface area contributed by atoms with Crippen LogP contribution in [-0.2, 0) is 11.3 Å². The van der Waals surface area contributed by atoms with E-state index in [1.54, 1.807) is 43.3 Å². The summed E-state index contributed by atoms with van der Waals surface area (Å²) in [6, 6.07) is 5.10. The van der Waals surface area contributed by atoms with Crippen molar-refractivity contribution in [2.24, 2.45) is 0 Å². The summed E-state index contributed by atoms with van der Waals surface area (Å²) in [6.07, 6.45) is 3.17. The van der Waals surface area contributed by atoms with Gasteiger partial charge in [0.1, 0.15) is 16.9 Å². The van der Waals surface area contributed by atoms with Crippen LogP contribution >= 0.6 is 22.9 Å². The molecule has 3 rings (SSSR count). The Bertz CT molecular complexity index is 805. The maximum atomic E-state index is 12.9. The first-order valence-corrected chi connectivity index (χ1v) is 10.1. The number of aromatic nitrogens is 1. The number of hydrogen-bond acceptors (Lipinski definition) is 5. The summed E-state index contributed by atoms with van der Waals surface area (Å²) in [4.78, 5) is 32.0. The van der Waals surface area contributed by atoms with Gasteiger partial charge in [0.05, 0.1) is 12.1 Å². The smallest absolute Gasteiger partial charge is 0.257 e. The van der Waals surface area contributed by atoms with E-state index in [2.05, 4.69) is 4.98 Å². The molecule has 0 aliphatic carbocycles.